The van der Waals surface area contributed by atoms with Gasteiger partial charge in [0.15, 0.2) is 0 Å². The molecule has 0 N–H and O–H groups in total. The van der Waals surface area contributed by atoms with Crippen molar-refractivity contribution in [1.29, 1.82) is 0 Å². The summed E-state index contributed by atoms with van der Waals surface area (Å²) in [5, 5.41) is 0. The Bertz CT molecular complexity index is 431. The van der Waals surface area contributed by atoms with Crippen molar-refractivity contribution in [2.24, 2.45) is 0 Å². The largest absolute Gasteiger partial charge is 0.433 e. The lowest BCUT2D eigenvalue weighted by Gasteiger charge is -2.20. The monoisotopic (exact) mass is 273 g/mol. The van der Waals surface area contributed by atoms with Crippen LogP contribution in [-0.4, -0.2) is 48.0 Å². The summed E-state index contributed by atoms with van der Waals surface area (Å²) in [7, 11) is 4.05. The molecule has 1 aliphatic heterocycles. The van der Waals surface area contributed by atoms with Gasteiger partial charge in [-0.05, 0) is 32.6 Å². The molecule has 2 rings (SSSR count). The average Bonchev–Trinajstić information content (AvgIpc) is 2.77. The number of likely N-dealkylation sites (N-methyl/N-ethyl adjacent to an activating group) is 1. The maximum atomic E-state index is 12.6. The molecule has 0 spiro atoms. The van der Waals surface area contributed by atoms with Crippen LogP contribution in [0.15, 0.2) is 18.2 Å². The Hall–Kier alpha value is -1.14. The van der Waals surface area contributed by atoms with Crippen molar-refractivity contribution >= 4 is 0 Å². The molecule has 1 fully saturated rings. The van der Waals surface area contributed by atoms with Gasteiger partial charge in [-0.15, -0.1) is 0 Å². The number of pyridine rings is 1. The highest BCUT2D eigenvalue weighted by atomic mass is 19.4. The summed E-state index contributed by atoms with van der Waals surface area (Å²) in [5.74, 6) is 0. The van der Waals surface area contributed by atoms with Gasteiger partial charge in [-0.1, -0.05) is 6.07 Å². The molecule has 1 unspecified atom stereocenters. The van der Waals surface area contributed by atoms with Gasteiger partial charge in [0.2, 0.25) is 0 Å². The summed E-state index contributed by atoms with van der Waals surface area (Å²) in [5.41, 5.74) is -0.331. The normalized spacial score (nSPS) is 21.3. The number of likely N-dealkylation sites (tertiary alicyclic amines) is 1. The van der Waals surface area contributed by atoms with Crippen molar-refractivity contribution in [2.75, 3.05) is 27.2 Å². The van der Waals surface area contributed by atoms with Gasteiger partial charge in [-0.3, -0.25) is 4.90 Å². The van der Waals surface area contributed by atoms with Gasteiger partial charge in [0, 0.05) is 25.7 Å². The molecule has 1 aromatic heterocycles. The molecular weight excluding hydrogens is 255 g/mol. The number of aromatic nitrogens is 1. The lowest BCUT2D eigenvalue weighted by molar-refractivity contribution is -0.141. The van der Waals surface area contributed by atoms with E-state index in [1.54, 1.807) is 6.07 Å². The van der Waals surface area contributed by atoms with Crippen LogP contribution in [0.4, 0.5) is 13.2 Å². The van der Waals surface area contributed by atoms with Crippen molar-refractivity contribution in [2.45, 2.75) is 25.2 Å². The van der Waals surface area contributed by atoms with Gasteiger partial charge in [0.1, 0.15) is 5.69 Å². The summed E-state index contributed by atoms with van der Waals surface area (Å²) in [6.07, 6.45) is -3.32. The van der Waals surface area contributed by atoms with E-state index in [0.29, 0.717) is 18.3 Å². The van der Waals surface area contributed by atoms with Crippen LogP contribution in [0.2, 0.25) is 0 Å². The molecule has 1 aliphatic rings. The van der Waals surface area contributed by atoms with Crippen molar-refractivity contribution < 1.29 is 13.2 Å². The Balaban J connectivity index is 2.01. The summed E-state index contributed by atoms with van der Waals surface area (Å²) >= 11 is 0. The first-order valence-corrected chi connectivity index (χ1v) is 6.28. The molecule has 19 heavy (non-hydrogen) atoms. The number of rotatable bonds is 3. The molecule has 0 bridgehead atoms. The van der Waals surface area contributed by atoms with Crippen LogP contribution in [0.3, 0.4) is 0 Å². The summed E-state index contributed by atoms with van der Waals surface area (Å²) < 4.78 is 37.7. The van der Waals surface area contributed by atoms with Gasteiger partial charge in [0.25, 0.3) is 0 Å². The van der Waals surface area contributed by atoms with Crippen LogP contribution in [0.5, 0.6) is 0 Å². The van der Waals surface area contributed by atoms with E-state index in [-0.39, 0.29) is 0 Å². The first-order valence-electron chi connectivity index (χ1n) is 6.28. The first kappa shape index (κ1) is 14.3. The van der Waals surface area contributed by atoms with Crippen molar-refractivity contribution in [3.05, 3.63) is 29.6 Å². The zero-order valence-corrected chi connectivity index (χ0v) is 11.1. The Morgan fingerprint density at radius 1 is 1.37 bits per heavy atom. The maximum absolute atomic E-state index is 12.6. The molecule has 0 aliphatic carbocycles. The van der Waals surface area contributed by atoms with E-state index in [4.69, 9.17) is 0 Å². The van der Waals surface area contributed by atoms with Gasteiger partial charge in [-0.25, -0.2) is 4.98 Å². The Morgan fingerprint density at radius 3 is 2.68 bits per heavy atom. The number of nitrogens with zero attached hydrogens (tertiary/aromatic N) is 3. The molecule has 2 heterocycles. The highest BCUT2D eigenvalue weighted by Gasteiger charge is 2.32. The highest BCUT2D eigenvalue weighted by Crippen LogP contribution is 2.27. The Labute approximate surface area is 111 Å². The fraction of sp³-hybridized carbons (Fsp3) is 0.615. The second-order valence-electron chi connectivity index (χ2n) is 5.15. The number of alkyl halides is 3. The average molecular weight is 273 g/mol. The van der Waals surface area contributed by atoms with Gasteiger partial charge in [-0.2, -0.15) is 13.2 Å². The van der Waals surface area contributed by atoms with Crippen molar-refractivity contribution in [3.8, 4) is 0 Å². The SMILES string of the molecule is CN(C)C1CCN(Cc2cccc(C(F)(F)F)n2)C1. The zero-order chi connectivity index (χ0) is 14.0. The molecule has 1 saturated heterocycles. The highest BCUT2D eigenvalue weighted by molar-refractivity contribution is 5.13. The topological polar surface area (TPSA) is 19.4 Å². The number of halogens is 3. The second kappa shape index (κ2) is 5.46. The van der Waals surface area contributed by atoms with Crippen LogP contribution in [0, 0.1) is 0 Å². The predicted molar refractivity (Wildman–Crippen MR) is 66.6 cm³/mol. The lowest BCUT2D eigenvalue weighted by Crippen LogP contribution is -2.31. The third-order valence-corrected chi connectivity index (χ3v) is 3.46. The first-order chi connectivity index (χ1) is 8.86. The zero-order valence-electron chi connectivity index (χ0n) is 11.1. The van der Waals surface area contributed by atoms with E-state index in [0.717, 1.165) is 25.6 Å². The fourth-order valence-corrected chi connectivity index (χ4v) is 2.33. The minimum atomic E-state index is -4.37. The van der Waals surface area contributed by atoms with Crippen LogP contribution in [0.1, 0.15) is 17.8 Å². The van der Waals surface area contributed by atoms with Crippen molar-refractivity contribution in [1.82, 2.24) is 14.8 Å². The van der Waals surface area contributed by atoms with E-state index in [1.165, 1.54) is 6.07 Å². The number of hydrogen-bond donors (Lipinski definition) is 0. The molecule has 1 aromatic rings. The molecule has 0 saturated carbocycles. The number of hydrogen-bond acceptors (Lipinski definition) is 3. The standard InChI is InChI=1S/C13H18F3N3/c1-18(2)11-6-7-19(9-11)8-10-4-3-5-12(17-10)13(14,15)16/h3-5,11H,6-9H2,1-2H3. The van der Waals surface area contributed by atoms with Crippen LogP contribution in [-0.2, 0) is 12.7 Å². The molecule has 6 heteroatoms. The van der Waals surface area contributed by atoms with E-state index < -0.39 is 11.9 Å². The molecule has 0 radical (unpaired) electrons. The molecule has 106 valence electrons. The van der Waals surface area contributed by atoms with E-state index in [2.05, 4.69) is 14.8 Å². The molecule has 1 atom stereocenters. The van der Waals surface area contributed by atoms with E-state index in [9.17, 15) is 13.2 Å². The third kappa shape index (κ3) is 3.67. The van der Waals surface area contributed by atoms with Gasteiger partial charge < -0.3 is 4.90 Å². The minimum Gasteiger partial charge on any atom is -0.305 e. The second-order valence-corrected chi connectivity index (χ2v) is 5.15. The predicted octanol–water partition coefficient (Wildman–Crippen LogP) is 2.24. The summed E-state index contributed by atoms with van der Waals surface area (Å²) in [6, 6.07) is 4.56. The maximum Gasteiger partial charge on any atom is 0.433 e. The smallest absolute Gasteiger partial charge is 0.305 e. The molecular formula is C13H18F3N3. The summed E-state index contributed by atoms with van der Waals surface area (Å²) in [6.45, 7) is 2.26. The van der Waals surface area contributed by atoms with Crippen LogP contribution in [0.25, 0.3) is 0 Å². The Kier molecular flexibility index (Phi) is 4.10. The lowest BCUT2D eigenvalue weighted by atomic mass is 10.2. The third-order valence-electron chi connectivity index (χ3n) is 3.46. The quantitative estimate of drug-likeness (QED) is 0.842. The molecule has 0 aromatic carbocycles. The van der Waals surface area contributed by atoms with Gasteiger partial charge in [0.05, 0.1) is 5.69 Å². The van der Waals surface area contributed by atoms with Gasteiger partial charge >= 0.3 is 6.18 Å². The summed E-state index contributed by atoms with van der Waals surface area (Å²) in [4.78, 5) is 8.00. The van der Waals surface area contributed by atoms with E-state index >= 15 is 0 Å². The van der Waals surface area contributed by atoms with Crippen LogP contribution < -0.4 is 0 Å². The van der Waals surface area contributed by atoms with E-state index in [1.807, 2.05) is 14.1 Å². The molecule has 3 nitrogen and oxygen atoms in total. The molecule has 0 amide bonds. The Morgan fingerprint density at radius 2 is 2.11 bits per heavy atom. The minimum absolute atomic E-state index is 0.478. The van der Waals surface area contributed by atoms with Crippen molar-refractivity contribution in [3.63, 3.8) is 0 Å². The fourth-order valence-electron chi connectivity index (χ4n) is 2.33. The van der Waals surface area contributed by atoms with Crippen LogP contribution >= 0.6 is 0 Å².